The van der Waals surface area contributed by atoms with Crippen molar-refractivity contribution in [1.82, 2.24) is 15.1 Å². The molecule has 1 spiro atoms. The van der Waals surface area contributed by atoms with Gasteiger partial charge in [0.1, 0.15) is 22.9 Å². The number of benzene rings is 2. The van der Waals surface area contributed by atoms with Crippen LogP contribution in [0.15, 0.2) is 36.4 Å². The molecule has 0 fully saturated rings. The molecule has 3 aromatic rings. The van der Waals surface area contributed by atoms with Gasteiger partial charge in [0.05, 0.1) is 28.6 Å². The number of anilines is 1. The van der Waals surface area contributed by atoms with Crippen LogP contribution in [0.1, 0.15) is 44.7 Å². The number of sulfone groups is 1. The summed E-state index contributed by atoms with van der Waals surface area (Å²) in [6, 6.07) is 11.5. The van der Waals surface area contributed by atoms with Crippen molar-refractivity contribution in [1.29, 1.82) is 5.26 Å². The molecule has 1 aliphatic carbocycles. The molecule has 2 heterocycles. The quantitative estimate of drug-likeness (QED) is 0.451. The maximum absolute atomic E-state index is 13.6. The molecule has 2 N–H and O–H groups in total. The van der Waals surface area contributed by atoms with E-state index in [-0.39, 0.29) is 23.6 Å². The number of ether oxygens (including phenoxy) is 1. The van der Waals surface area contributed by atoms with Crippen LogP contribution in [0, 0.1) is 18.3 Å². The maximum Gasteiger partial charge on any atom is 0.422 e. The molecule has 1 aromatic heterocycles. The van der Waals surface area contributed by atoms with E-state index in [4.69, 9.17) is 4.74 Å². The Bertz CT molecular complexity index is 1740. The smallest absolute Gasteiger partial charge is 0.422 e. The standard InChI is InChI=1S/C27H24F3N5O5S/c1-15-9-18(4-3-17(15)12-31)35-24(32-22(36)13-41(2,38)39)23-21(34-35)11-26(33-25(23)37)8-7-16-10-19(5-6-20(16)26)40-14-27(28,29)30/h3-6,9-10H,7-8,11,13-14H2,1-2H3,(H,32,36)(H,33,37)/t26-/m0/s1. The number of carbonyl (C=O) groups excluding carboxylic acids is 2. The van der Waals surface area contributed by atoms with Crippen LogP contribution in [0.4, 0.5) is 19.0 Å². The number of hydrogen-bond acceptors (Lipinski definition) is 7. The van der Waals surface area contributed by atoms with E-state index < -0.39 is 45.7 Å². The molecule has 0 bridgehead atoms. The summed E-state index contributed by atoms with van der Waals surface area (Å²) >= 11 is 0. The number of halogens is 3. The second-order valence-electron chi connectivity index (χ2n) is 10.2. The molecule has 214 valence electrons. The van der Waals surface area contributed by atoms with E-state index in [1.165, 1.54) is 16.8 Å². The number of alkyl halides is 3. The molecule has 2 amide bonds. The summed E-state index contributed by atoms with van der Waals surface area (Å²) in [5.74, 6) is -2.16. The van der Waals surface area contributed by atoms with Gasteiger partial charge in [-0.1, -0.05) is 6.07 Å². The number of rotatable bonds is 6. The van der Waals surface area contributed by atoms with Gasteiger partial charge in [-0.2, -0.15) is 23.5 Å². The summed E-state index contributed by atoms with van der Waals surface area (Å²) < 4.78 is 67.5. The van der Waals surface area contributed by atoms with Crippen molar-refractivity contribution in [3.63, 3.8) is 0 Å². The maximum atomic E-state index is 13.6. The highest BCUT2D eigenvalue weighted by atomic mass is 32.2. The number of fused-ring (bicyclic) bond motifs is 3. The van der Waals surface area contributed by atoms with Gasteiger partial charge in [-0.25, -0.2) is 13.1 Å². The summed E-state index contributed by atoms with van der Waals surface area (Å²) in [4.78, 5) is 26.3. The summed E-state index contributed by atoms with van der Waals surface area (Å²) in [5, 5.41) is 19.5. The van der Waals surface area contributed by atoms with Gasteiger partial charge in [0.2, 0.25) is 5.91 Å². The van der Waals surface area contributed by atoms with Gasteiger partial charge in [-0.15, -0.1) is 0 Å². The predicted molar refractivity (Wildman–Crippen MR) is 141 cm³/mol. The Morgan fingerprint density at radius 2 is 2.02 bits per heavy atom. The minimum absolute atomic E-state index is 0.0146. The van der Waals surface area contributed by atoms with E-state index in [9.17, 15) is 36.4 Å². The number of aromatic nitrogens is 2. The van der Waals surface area contributed by atoms with Crippen molar-refractivity contribution in [3.8, 4) is 17.5 Å². The minimum atomic E-state index is -4.48. The molecular weight excluding hydrogens is 563 g/mol. The van der Waals surface area contributed by atoms with Gasteiger partial charge in [-0.3, -0.25) is 9.59 Å². The zero-order chi connectivity index (χ0) is 29.7. The zero-order valence-corrected chi connectivity index (χ0v) is 22.7. The van der Waals surface area contributed by atoms with Crippen LogP contribution in [0.3, 0.4) is 0 Å². The van der Waals surface area contributed by atoms with Gasteiger partial charge < -0.3 is 15.4 Å². The molecule has 1 atom stereocenters. The third-order valence-electron chi connectivity index (χ3n) is 7.05. The number of hydrogen-bond donors (Lipinski definition) is 2. The lowest BCUT2D eigenvalue weighted by Gasteiger charge is -2.35. The highest BCUT2D eigenvalue weighted by Gasteiger charge is 2.47. The van der Waals surface area contributed by atoms with Gasteiger partial charge in [0.25, 0.3) is 5.91 Å². The molecule has 1 aliphatic heterocycles. The van der Waals surface area contributed by atoms with Crippen molar-refractivity contribution in [2.45, 2.75) is 37.9 Å². The molecule has 0 unspecified atom stereocenters. The van der Waals surface area contributed by atoms with E-state index in [1.807, 2.05) is 0 Å². The Labute approximate surface area is 233 Å². The molecule has 2 aromatic carbocycles. The zero-order valence-electron chi connectivity index (χ0n) is 21.9. The lowest BCUT2D eigenvalue weighted by Crippen LogP contribution is -2.49. The summed E-state index contributed by atoms with van der Waals surface area (Å²) in [6.07, 6.45) is -2.43. The Hall–Kier alpha value is -4.38. The summed E-state index contributed by atoms with van der Waals surface area (Å²) in [6.45, 7) is 0.300. The van der Waals surface area contributed by atoms with Crippen LogP contribution >= 0.6 is 0 Å². The van der Waals surface area contributed by atoms with Gasteiger partial charge >= 0.3 is 6.18 Å². The molecule has 41 heavy (non-hydrogen) atoms. The Morgan fingerprint density at radius 3 is 2.68 bits per heavy atom. The third-order valence-corrected chi connectivity index (χ3v) is 7.84. The molecule has 0 saturated carbocycles. The van der Waals surface area contributed by atoms with Crippen molar-refractivity contribution < 1.29 is 35.9 Å². The molecular formula is C27H24F3N5O5S. The Balaban J connectivity index is 1.55. The fourth-order valence-electron chi connectivity index (χ4n) is 5.34. The van der Waals surface area contributed by atoms with E-state index >= 15 is 0 Å². The lowest BCUT2D eigenvalue weighted by atomic mass is 9.82. The predicted octanol–water partition coefficient (Wildman–Crippen LogP) is 3.10. The normalized spacial score (nSPS) is 17.9. The number of amides is 2. The molecule has 2 aliphatic rings. The molecule has 10 nitrogen and oxygen atoms in total. The first kappa shape index (κ1) is 28.2. The molecule has 5 rings (SSSR count). The van der Waals surface area contributed by atoms with Crippen molar-refractivity contribution in [2.75, 3.05) is 23.9 Å². The number of nitrogens with one attached hydrogen (secondary N) is 2. The Kier molecular flexibility index (Phi) is 6.81. The van der Waals surface area contributed by atoms with Crippen LogP contribution in [0.5, 0.6) is 5.75 Å². The fourth-order valence-corrected chi connectivity index (χ4v) is 5.89. The van der Waals surface area contributed by atoms with Crippen molar-refractivity contribution >= 4 is 27.5 Å². The van der Waals surface area contributed by atoms with Crippen molar-refractivity contribution in [3.05, 3.63) is 69.9 Å². The monoisotopic (exact) mass is 587 g/mol. The van der Waals surface area contributed by atoms with Crippen LogP contribution in [0.25, 0.3) is 5.69 Å². The second-order valence-corrected chi connectivity index (χ2v) is 12.4. The average Bonchev–Trinajstić information content (AvgIpc) is 3.39. The summed E-state index contributed by atoms with van der Waals surface area (Å²) in [5.41, 5.74) is 2.46. The van der Waals surface area contributed by atoms with E-state index in [2.05, 4.69) is 21.8 Å². The highest BCUT2D eigenvalue weighted by molar-refractivity contribution is 7.91. The fraction of sp³-hybridized carbons (Fsp3) is 0.333. The van der Waals surface area contributed by atoms with Gasteiger partial charge in [0, 0.05) is 12.7 Å². The first-order chi connectivity index (χ1) is 19.2. The number of aryl methyl sites for hydroxylation is 2. The van der Waals surface area contributed by atoms with Crippen LogP contribution in [-0.2, 0) is 33.0 Å². The van der Waals surface area contributed by atoms with E-state index in [1.54, 1.807) is 31.2 Å². The summed E-state index contributed by atoms with van der Waals surface area (Å²) in [7, 11) is -3.67. The van der Waals surface area contributed by atoms with Crippen LogP contribution in [0.2, 0.25) is 0 Å². The average molecular weight is 588 g/mol. The second kappa shape index (κ2) is 9.91. The first-order valence-corrected chi connectivity index (χ1v) is 14.5. The van der Waals surface area contributed by atoms with Crippen LogP contribution in [-0.4, -0.2) is 54.8 Å². The van der Waals surface area contributed by atoms with E-state index in [0.717, 1.165) is 17.4 Å². The minimum Gasteiger partial charge on any atom is -0.484 e. The first-order valence-electron chi connectivity index (χ1n) is 12.4. The van der Waals surface area contributed by atoms with E-state index in [0.29, 0.717) is 35.3 Å². The van der Waals surface area contributed by atoms with Gasteiger partial charge in [-0.05, 0) is 66.8 Å². The molecule has 0 saturated heterocycles. The Morgan fingerprint density at radius 1 is 1.27 bits per heavy atom. The number of carbonyl (C=O) groups is 2. The number of nitriles is 1. The van der Waals surface area contributed by atoms with Gasteiger partial charge in [0.15, 0.2) is 16.4 Å². The topological polar surface area (TPSA) is 143 Å². The lowest BCUT2D eigenvalue weighted by molar-refractivity contribution is -0.153. The molecule has 14 heteroatoms. The molecule has 0 radical (unpaired) electrons. The third kappa shape index (κ3) is 5.62. The van der Waals surface area contributed by atoms with Crippen LogP contribution < -0.4 is 15.4 Å². The van der Waals surface area contributed by atoms with Crippen molar-refractivity contribution in [2.24, 2.45) is 0 Å². The largest absolute Gasteiger partial charge is 0.484 e. The highest BCUT2D eigenvalue weighted by Crippen LogP contribution is 2.44. The number of nitrogens with zero attached hydrogens (tertiary/aromatic N) is 3. The SMILES string of the molecule is Cc1cc(-n2nc3c(c2NC(=O)CS(C)(=O)=O)C(=O)N[C@@]2(CCc4cc(OCC(F)(F)F)ccc42)C3)ccc1C#N.